The van der Waals surface area contributed by atoms with Gasteiger partial charge in [0.05, 0.1) is 19.2 Å². The summed E-state index contributed by atoms with van der Waals surface area (Å²) in [5, 5.41) is 21.7. The average molecular weight is 387 g/mol. The smallest absolute Gasteiger partial charge is 0.191 e. The lowest BCUT2D eigenvalue weighted by molar-refractivity contribution is 0.177. The van der Waals surface area contributed by atoms with E-state index in [0.29, 0.717) is 19.1 Å². The van der Waals surface area contributed by atoms with Crippen molar-refractivity contribution in [2.24, 2.45) is 4.99 Å². The monoisotopic (exact) mass is 386 g/mol. The Hall–Kier alpha value is -2.45. The molecule has 0 radical (unpaired) electrons. The molecule has 8 nitrogen and oxygen atoms in total. The van der Waals surface area contributed by atoms with Gasteiger partial charge in [-0.3, -0.25) is 4.99 Å². The number of guanidine groups is 1. The molecular formula is C20H30N6O2. The molecule has 0 spiro atoms. The molecule has 2 aromatic rings. The topological polar surface area (TPSA) is 96.6 Å². The van der Waals surface area contributed by atoms with E-state index >= 15 is 0 Å². The van der Waals surface area contributed by atoms with E-state index in [-0.39, 0.29) is 6.04 Å². The number of aromatic nitrogens is 3. The lowest BCUT2D eigenvalue weighted by Crippen LogP contribution is -2.47. The lowest BCUT2D eigenvalue weighted by atomic mass is 10.1. The Kier molecular flexibility index (Phi) is 7.00. The summed E-state index contributed by atoms with van der Waals surface area (Å²) in [7, 11) is 1.65. The number of benzene rings is 1. The van der Waals surface area contributed by atoms with Crippen LogP contribution < -0.4 is 10.6 Å². The first kappa shape index (κ1) is 20.3. The molecule has 152 valence electrons. The van der Waals surface area contributed by atoms with Crippen LogP contribution in [0.4, 0.5) is 0 Å². The van der Waals surface area contributed by atoms with Gasteiger partial charge in [0.1, 0.15) is 12.4 Å². The summed E-state index contributed by atoms with van der Waals surface area (Å²) in [4.78, 5) is 9.09. The Bertz CT molecular complexity index is 804. The summed E-state index contributed by atoms with van der Waals surface area (Å²) < 4.78 is 7.07. The first-order chi connectivity index (χ1) is 13.6. The van der Waals surface area contributed by atoms with Crippen molar-refractivity contribution in [1.29, 1.82) is 0 Å². The van der Waals surface area contributed by atoms with E-state index in [2.05, 4.69) is 25.7 Å². The number of methoxy groups -OCH3 is 1. The minimum absolute atomic E-state index is 0.207. The lowest BCUT2D eigenvalue weighted by Gasteiger charge is -2.25. The zero-order valence-corrected chi connectivity index (χ0v) is 16.9. The van der Waals surface area contributed by atoms with Gasteiger partial charge in [-0.25, -0.2) is 9.67 Å². The highest BCUT2D eigenvalue weighted by Crippen LogP contribution is 2.15. The molecule has 1 aliphatic heterocycles. The summed E-state index contributed by atoms with van der Waals surface area (Å²) in [6, 6.07) is 8.10. The molecule has 0 saturated carbocycles. The third-order valence-electron chi connectivity index (χ3n) is 4.71. The van der Waals surface area contributed by atoms with Gasteiger partial charge in [-0.2, -0.15) is 5.10 Å². The molecule has 2 atom stereocenters. The van der Waals surface area contributed by atoms with Crippen LogP contribution in [0.3, 0.4) is 0 Å². The van der Waals surface area contributed by atoms with Gasteiger partial charge in [0.25, 0.3) is 0 Å². The van der Waals surface area contributed by atoms with Crippen molar-refractivity contribution in [3.05, 3.63) is 47.0 Å². The first-order valence-electron chi connectivity index (χ1n) is 9.80. The number of aliphatic imine (C=N–C) groups is 1. The maximum absolute atomic E-state index is 10.5. The fourth-order valence-electron chi connectivity index (χ4n) is 3.34. The van der Waals surface area contributed by atoms with Crippen molar-refractivity contribution >= 4 is 5.96 Å². The zero-order valence-electron chi connectivity index (χ0n) is 16.9. The van der Waals surface area contributed by atoms with Gasteiger partial charge in [-0.1, -0.05) is 29.8 Å². The van der Waals surface area contributed by atoms with Crippen molar-refractivity contribution in [2.75, 3.05) is 20.2 Å². The molecule has 0 aliphatic carbocycles. The van der Waals surface area contributed by atoms with Gasteiger partial charge in [0.15, 0.2) is 11.8 Å². The fraction of sp³-hybridized carbons (Fsp3) is 0.550. The Morgan fingerprint density at radius 1 is 1.46 bits per heavy atom. The second-order valence-electron chi connectivity index (χ2n) is 7.09. The molecule has 2 unspecified atom stereocenters. The van der Waals surface area contributed by atoms with Crippen LogP contribution in [0.25, 0.3) is 0 Å². The minimum Gasteiger partial charge on any atom is -0.386 e. The van der Waals surface area contributed by atoms with Crippen LogP contribution >= 0.6 is 0 Å². The van der Waals surface area contributed by atoms with Crippen LogP contribution in [-0.2, 0) is 24.3 Å². The largest absolute Gasteiger partial charge is 0.386 e. The summed E-state index contributed by atoms with van der Waals surface area (Å²) in [5.41, 5.74) is 2.01. The van der Waals surface area contributed by atoms with Crippen LogP contribution in [0.15, 0.2) is 29.3 Å². The highest BCUT2D eigenvalue weighted by Gasteiger charge is 2.22. The van der Waals surface area contributed by atoms with Crippen LogP contribution in [-0.4, -0.2) is 52.1 Å². The second kappa shape index (κ2) is 9.66. The molecule has 0 saturated heterocycles. The van der Waals surface area contributed by atoms with Crippen molar-refractivity contribution < 1.29 is 9.84 Å². The number of ether oxygens (including phenoxy) is 1. The SMILES string of the molecule is CCNC(=NCC(O)c1cccc(C)c1)NC1CCc2nc(COC)nn2C1. The predicted octanol–water partition coefficient (Wildman–Crippen LogP) is 1.34. The number of nitrogens with zero attached hydrogens (tertiary/aromatic N) is 4. The molecule has 1 aliphatic rings. The minimum atomic E-state index is -0.625. The Morgan fingerprint density at radius 2 is 2.32 bits per heavy atom. The Morgan fingerprint density at radius 3 is 3.07 bits per heavy atom. The van der Waals surface area contributed by atoms with E-state index in [0.717, 1.165) is 48.7 Å². The van der Waals surface area contributed by atoms with Crippen LogP contribution in [0, 0.1) is 6.92 Å². The number of hydrogen-bond donors (Lipinski definition) is 3. The summed E-state index contributed by atoms with van der Waals surface area (Å²) in [6.45, 7) is 6.27. The van der Waals surface area contributed by atoms with Gasteiger partial charge in [-0.15, -0.1) is 0 Å². The van der Waals surface area contributed by atoms with E-state index in [9.17, 15) is 5.11 Å². The molecule has 8 heteroatoms. The quantitative estimate of drug-likeness (QED) is 0.491. The summed E-state index contributed by atoms with van der Waals surface area (Å²) >= 11 is 0. The third-order valence-corrected chi connectivity index (χ3v) is 4.71. The van der Waals surface area contributed by atoms with E-state index in [4.69, 9.17) is 4.74 Å². The molecule has 3 rings (SSSR count). The normalized spacial score (nSPS) is 17.9. The van der Waals surface area contributed by atoms with Crippen molar-refractivity contribution in [1.82, 2.24) is 25.4 Å². The molecule has 3 N–H and O–H groups in total. The van der Waals surface area contributed by atoms with Gasteiger partial charge in [0, 0.05) is 26.1 Å². The van der Waals surface area contributed by atoms with Crippen LogP contribution in [0.5, 0.6) is 0 Å². The number of rotatable bonds is 7. The predicted molar refractivity (Wildman–Crippen MR) is 108 cm³/mol. The number of aryl methyl sites for hydroxylation is 2. The van der Waals surface area contributed by atoms with E-state index in [1.165, 1.54) is 0 Å². The molecule has 2 heterocycles. The number of nitrogens with one attached hydrogen (secondary N) is 2. The molecule has 1 aromatic carbocycles. The molecule has 0 bridgehead atoms. The number of fused-ring (bicyclic) bond motifs is 1. The number of hydrogen-bond acceptors (Lipinski definition) is 5. The Labute approximate surface area is 166 Å². The van der Waals surface area contributed by atoms with Gasteiger partial charge in [0.2, 0.25) is 0 Å². The fourth-order valence-corrected chi connectivity index (χ4v) is 3.34. The van der Waals surface area contributed by atoms with Crippen LogP contribution in [0.1, 0.15) is 42.2 Å². The van der Waals surface area contributed by atoms with Gasteiger partial charge >= 0.3 is 0 Å². The molecular weight excluding hydrogens is 356 g/mol. The summed E-state index contributed by atoms with van der Waals surface area (Å²) in [6.07, 6.45) is 1.19. The van der Waals surface area contributed by atoms with Crippen LogP contribution in [0.2, 0.25) is 0 Å². The molecule has 0 amide bonds. The number of aliphatic hydroxyl groups excluding tert-OH is 1. The maximum atomic E-state index is 10.5. The maximum Gasteiger partial charge on any atom is 0.191 e. The Balaban J connectivity index is 1.61. The van der Waals surface area contributed by atoms with Crippen molar-refractivity contribution in [2.45, 2.75) is 52.0 Å². The summed E-state index contributed by atoms with van der Waals surface area (Å²) in [5.74, 6) is 2.43. The van der Waals surface area contributed by atoms with E-state index < -0.39 is 6.10 Å². The van der Waals surface area contributed by atoms with Gasteiger partial charge < -0.3 is 20.5 Å². The first-order valence-corrected chi connectivity index (χ1v) is 9.80. The van der Waals surface area contributed by atoms with E-state index in [1.54, 1.807) is 7.11 Å². The number of aliphatic hydroxyl groups is 1. The molecule has 1 aromatic heterocycles. The zero-order chi connectivity index (χ0) is 19.9. The highest BCUT2D eigenvalue weighted by molar-refractivity contribution is 5.80. The average Bonchev–Trinajstić information content (AvgIpc) is 3.08. The standard InChI is InChI=1S/C20H30N6O2/c1-4-21-20(22-11-17(27)15-7-5-6-14(2)10-15)23-16-8-9-19-24-18(13-28-3)25-26(19)12-16/h5-7,10,16-17,27H,4,8-9,11-13H2,1-3H3,(H2,21,22,23). The van der Waals surface area contributed by atoms with E-state index in [1.807, 2.05) is 42.8 Å². The third kappa shape index (κ3) is 5.30. The second-order valence-corrected chi connectivity index (χ2v) is 7.09. The van der Waals surface area contributed by atoms with Crippen molar-refractivity contribution in [3.8, 4) is 0 Å². The highest BCUT2D eigenvalue weighted by atomic mass is 16.5. The van der Waals surface area contributed by atoms with Gasteiger partial charge in [-0.05, 0) is 25.8 Å². The van der Waals surface area contributed by atoms with Crippen molar-refractivity contribution in [3.63, 3.8) is 0 Å². The molecule has 0 fully saturated rings. The molecule has 28 heavy (non-hydrogen) atoms.